The smallest absolute Gasteiger partial charge is 0.316 e. The molecule has 4 amide bonds. The van der Waals surface area contributed by atoms with E-state index in [4.69, 9.17) is 36.7 Å². The number of nitrogens with one attached hydrogen (secondary N) is 1. The number of amides is 4. The Morgan fingerprint density at radius 2 is 1.73 bits per heavy atom. The Morgan fingerprint density at radius 1 is 1.02 bits per heavy atom. The highest BCUT2D eigenvalue weighted by Crippen LogP contribution is 2.28. The average Bonchev–Trinajstić information content (AvgIpc) is 3.07. The molecule has 0 aliphatic carbocycles. The summed E-state index contributed by atoms with van der Waals surface area (Å²) in [6.45, 7) is 5.32. The molecule has 2 aliphatic rings. The van der Waals surface area contributed by atoms with Crippen molar-refractivity contribution in [3.05, 3.63) is 94.8 Å². The number of carbonyl (C=O) groups excluding carboxylic acids is 3. The highest BCUT2D eigenvalue weighted by atomic mass is 35.5. The molecule has 0 bridgehead atoms. The predicted octanol–water partition coefficient (Wildman–Crippen LogP) is 4.39. The number of urea groups is 1. The molecule has 2 aliphatic heterocycles. The van der Waals surface area contributed by atoms with Crippen molar-refractivity contribution < 1.29 is 38.1 Å². The van der Waals surface area contributed by atoms with E-state index in [0.717, 1.165) is 17.5 Å². The van der Waals surface area contributed by atoms with Crippen molar-refractivity contribution in [3.8, 4) is 5.75 Å². The maximum absolute atomic E-state index is 13.1. The van der Waals surface area contributed by atoms with Crippen LogP contribution < -0.4 is 15.8 Å². The molecule has 48 heavy (non-hydrogen) atoms. The Morgan fingerprint density at radius 3 is 2.42 bits per heavy atom. The number of rotatable bonds is 10. The maximum Gasteiger partial charge on any atom is 0.316 e. The molecule has 0 spiro atoms. The molecule has 4 atom stereocenters. The Balaban J connectivity index is 0.000000257. The normalized spacial score (nSPS) is 20.8. The standard InChI is InChI=1S/C22H25ClFN3O4.C13H17NO3/c1-14-12-30-18(8-4-15-2-6-17(24)7-3-15)11-27(14)21(28)13-31-20-9-5-16(23)10-19(20)26-22(25)29;1-10-9-17-12(8-15)13(16)14(10)7-11-5-3-2-4-6-11/h2-3,5-7,9-10,14,18H,4,8,11-13H2,1H3,(H3,25,26,29);2-6,10,12,15H,7-9H2,1H3/t14-,18-;10?,12-/m10/s1. The molecule has 1 unspecified atom stereocenters. The first kappa shape index (κ1) is 36.6. The fourth-order valence-corrected chi connectivity index (χ4v) is 5.53. The summed E-state index contributed by atoms with van der Waals surface area (Å²) >= 11 is 5.95. The van der Waals surface area contributed by atoms with E-state index in [0.29, 0.717) is 49.2 Å². The van der Waals surface area contributed by atoms with Crippen molar-refractivity contribution in [1.82, 2.24) is 9.80 Å². The van der Waals surface area contributed by atoms with Gasteiger partial charge in [0.05, 0.1) is 43.7 Å². The molecule has 4 N–H and O–H groups in total. The van der Waals surface area contributed by atoms with Crippen molar-refractivity contribution in [2.45, 2.75) is 57.5 Å². The second kappa shape index (κ2) is 17.8. The first-order valence-corrected chi connectivity index (χ1v) is 16.1. The summed E-state index contributed by atoms with van der Waals surface area (Å²) in [5.41, 5.74) is 7.57. The van der Waals surface area contributed by atoms with Gasteiger partial charge in [0, 0.05) is 18.1 Å². The van der Waals surface area contributed by atoms with Crippen molar-refractivity contribution in [2.75, 3.05) is 38.3 Å². The lowest BCUT2D eigenvalue weighted by Crippen LogP contribution is -2.53. The molecule has 2 heterocycles. The number of nitrogens with two attached hydrogens (primary N) is 1. The van der Waals surface area contributed by atoms with Crippen LogP contribution in [0.25, 0.3) is 0 Å². The van der Waals surface area contributed by atoms with Gasteiger partial charge >= 0.3 is 6.03 Å². The summed E-state index contributed by atoms with van der Waals surface area (Å²) in [5.74, 6) is -0.291. The number of aryl methyl sites for hydroxylation is 1. The number of nitrogens with zero attached hydrogens (tertiary/aromatic N) is 2. The van der Waals surface area contributed by atoms with Gasteiger partial charge in [0.25, 0.3) is 11.8 Å². The van der Waals surface area contributed by atoms with Crippen molar-refractivity contribution in [1.29, 1.82) is 0 Å². The molecule has 0 radical (unpaired) electrons. The van der Waals surface area contributed by atoms with E-state index >= 15 is 0 Å². The summed E-state index contributed by atoms with van der Waals surface area (Å²) in [6.07, 6.45) is 0.625. The second-order valence-corrected chi connectivity index (χ2v) is 12.2. The topological polar surface area (TPSA) is 144 Å². The van der Waals surface area contributed by atoms with Crippen molar-refractivity contribution in [2.24, 2.45) is 5.73 Å². The van der Waals surface area contributed by atoms with Crippen LogP contribution in [0, 0.1) is 5.82 Å². The zero-order valence-corrected chi connectivity index (χ0v) is 27.8. The van der Waals surface area contributed by atoms with Crippen LogP contribution in [0.5, 0.6) is 5.75 Å². The van der Waals surface area contributed by atoms with Crippen LogP contribution in [-0.4, -0.2) is 90.0 Å². The molecule has 258 valence electrons. The van der Waals surface area contributed by atoms with E-state index < -0.39 is 12.1 Å². The molecule has 5 rings (SSSR count). The maximum atomic E-state index is 13.1. The van der Waals surface area contributed by atoms with E-state index in [2.05, 4.69) is 5.32 Å². The molecular formula is C35H42ClFN4O7. The minimum Gasteiger partial charge on any atom is -0.482 e. The lowest BCUT2D eigenvalue weighted by Gasteiger charge is -2.38. The number of anilines is 1. The summed E-state index contributed by atoms with van der Waals surface area (Å²) < 4.78 is 29.8. The fourth-order valence-electron chi connectivity index (χ4n) is 5.36. The Bertz CT molecular complexity index is 1510. The lowest BCUT2D eigenvalue weighted by atomic mass is 10.0. The van der Waals surface area contributed by atoms with Gasteiger partial charge in [0.1, 0.15) is 11.6 Å². The number of halogens is 2. The van der Waals surface area contributed by atoms with Gasteiger partial charge in [-0.2, -0.15) is 0 Å². The van der Waals surface area contributed by atoms with E-state index in [1.165, 1.54) is 18.2 Å². The number of ether oxygens (including phenoxy) is 3. The summed E-state index contributed by atoms with van der Waals surface area (Å²) in [4.78, 5) is 39.5. The number of hydrogen-bond acceptors (Lipinski definition) is 7. The van der Waals surface area contributed by atoms with Gasteiger partial charge in [-0.15, -0.1) is 0 Å². The van der Waals surface area contributed by atoms with Gasteiger partial charge in [-0.3, -0.25) is 9.59 Å². The van der Waals surface area contributed by atoms with E-state index in [-0.39, 0.29) is 49.0 Å². The number of primary amides is 1. The molecule has 11 nitrogen and oxygen atoms in total. The number of aliphatic hydroxyl groups excluding tert-OH is 1. The Hall–Kier alpha value is -4.23. The van der Waals surface area contributed by atoms with E-state index in [1.807, 2.05) is 44.2 Å². The van der Waals surface area contributed by atoms with Crippen LogP contribution in [0.4, 0.5) is 14.9 Å². The molecule has 3 aromatic rings. The van der Waals surface area contributed by atoms with Crippen LogP contribution in [0.3, 0.4) is 0 Å². The molecule has 0 aromatic heterocycles. The van der Waals surface area contributed by atoms with Crippen LogP contribution in [0.15, 0.2) is 72.8 Å². The van der Waals surface area contributed by atoms with Crippen molar-refractivity contribution in [3.63, 3.8) is 0 Å². The molecule has 2 fully saturated rings. The Labute approximate surface area is 284 Å². The minimum absolute atomic E-state index is 0.0468. The Kier molecular flexibility index (Phi) is 13.6. The summed E-state index contributed by atoms with van der Waals surface area (Å²) in [6, 6.07) is 20.1. The summed E-state index contributed by atoms with van der Waals surface area (Å²) in [5, 5.41) is 11.9. The van der Waals surface area contributed by atoms with Crippen LogP contribution >= 0.6 is 11.6 Å². The first-order valence-electron chi connectivity index (χ1n) is 15.7. The number of benzene rings is 3. The second-order valence-electron chi connectivity index (χ2n) is 11.7. The van der Waals surface area contributed by atoms with Gasteiger partial charge < -0.3 is 40.2 Å². The van der Waals surface area contributed by atoms with Gasteiger partial charge in [-0.05, 0) is 68.1 Å². The average molecular weight is 685 g/mol. The molecule has 13 heteroatoms. The van der Waals surface area contributed by atoms with Gasteiger partial charge in [0.2, 0.25) is 0 Å². The van der Waals surface area contributed by atoms with Crippen LogP contribution in [0.1, 0.15) is 31.4 Å². The minimum atomic E-state index is -0.760. The third-order valence-corrected chi connectivity index (χ3v) is 8.27. The molecule has 0 saturated carbocycles. The number of aliphatic hydroxyl groups is 1. The van der Waals surface area contributed by atoms with Gasteiger partial charge in [-0.25, -0.2) is 9.18 Å². The molecule has 2 saturated heterocycles. The third-order valence-electron chi connectivity index (χ3n) is 8.04. The monoisotopic (exact) mass is 684 g/mol. The SMILES string of the molecule is CC1CO[C@@H](CO)C(=O)N1Cc1ccccc1.C[C@@H]1CO[C@H](CCc2ccc(F)cc2)CN1C(=O)COc1ccc(Cl)cc1NC(N)=O. The van der Waals surface area contributed by atoms with Gasteiger partial charge in [-0.1, -0.05) is 54.1 Å². The lowest BCUT2D eigenvalue weighted by molar-refractivity contribution is -0.162. The molecular weight excluding hydrogens is 643 g/mol. The quantitative estimate of drug-likeness (QED) is 0.287. The molecule has 3 aromatic carbocycles. The zero-order chi connectivity index (χ0) is 34.6. The van der Waals surface area contributed by atoms with Crippen molar-refractivity contribution >= 4 is 35.1 Å². The van der Waals surface area contributed by atoms with Crippen LogP contribution in [0.2, 0.25) is 5.02 Å². The first-order chi connectivity index (χ1) is 23.0. The highest BCUT2D eigenvalue weighted by Gasteiger charge is 2.33. The van der Waals surface area contributed by atoms with E-state index in [1.54, 1.807) is 34.1 Å². The zero-order valence-electron chi connectivity index (χ0n) is 27.0. The predicted molar refractivity (Wildman–Crippen MR) is 179 cm³/mol. The number of carbonyl (C=O) groups is 3. The number of hydrogen-bond donors (Lipinski definition) is 3. The largest absolute Gasteiger partial charge is 0.482 e. The highest BCUT2D eigenvalue weighted by molar-refractivity contribution is 6.31. The van der Waals surface area contributed by atoms with Gasteiger partial charge in [0.15, 0.2) is 12.7 Å². The third kappa shape index (κ3) is 10.6. The number of morpholine rings is 2. The van der Waals surface area contributed by atoms with Crippen LogP contribution in [-0.2, 0) is 32.0 Å². The fraction of sp³-hybridized carbons (Fsp3) is 0.400. The summed E-state index contributed by atoms with van der Waals surface area (Å²) in [7, 11) is 0. The van der Waals surface area contributed by atoms with E-state index in [9.17, 15) is 18.8 Å².